The number of hydrogen-bond acceptors (Lipinski definition) is 5. The predicted molar refractivity (Wildman–Crippen MR) is 81.3 cm³/mol. The minimum Gasteiger partial charge on any atom is -0.465 e. The van der Waals surface area contributed by atoms with E-state index in [1.165, 1.54) is 19.2 Å². The van der Waals surface area contributed by atoms with Gasteiger partial charge in [0.15, 0.2) is 5.75 Å². The lowest BCUT2D eigenvalue weighted by Crippen LogP contribution is -2.05. The van der Waals surface area contributed by atoms with Gasteiger partial charge in [0.2, 0.25) is 5.88 Å². The Labute approximate surface area is 131 Å². The van der Waals surface area contributed by atoms with Crippen molar-refractivity contribution in [3.05, 3.63) is 45.6 Å². The molecule has 2 aromatic rings. The number of methoxy groups -OCH3 is 1. The SMILES string of the molecule is COC(=O)c1ccc(Oc2cc(Cl)c(Cl)cc2N)nc1C. The highest BCUT2D eigenvalue weighted by atomic mass is 35.5. The Morgan fingerprint density at radius 3 is 2.52 bits per heavy atom. The number of nitrogens with two attached hydrogens (primary N) is 1. The first kappa shape index (κ1) is 15.4. The summed E-state index contributed by atoms with van der Waals surface area (Å²) in [5, 5.41) is 0.662. The van der Waals surface area contributed by atoms with E-state index in [0.717, 1.165) is 0 Å². The average molecular weight is 327 g/mol. The molecule has 0 radical (unpaired) electrons. The molecule has 0 saturated carbocycles. The summed E-state index contributed by atoms with van der Waals surface area (Å²) in [7, 11) is 1.31. The van der Waals surface area contributed by atoms with Gasteiger partial charge in [0, 0.05) is 12.1 Å². The third-order valence-electron chi connectivity index (χ3n) is 2.73. The number of rotatable bonds is 3. The van der Waals surface area contributed by atoms with Crippen LogP contribution in [0.1, 0.15) is 16.1 Å². The summed E-state index contributed by atoms with van der Waals surface area (Å²) < 4.78 is 10.2. The van der Waals surface area contributed by atoms with Gasteiger partial charge < -0.3 is 15.2 Å². The summed E-state index contributed by atoms with van der Waals surface area (Å²) >= 11 is 11.8. The minimum absolute atomic E-state index is 0.283. The quantitative estimate of drug-likeness (QED) is 0.684. The van der Waals surface area contributed by atoms with Crippen LogP contribution in [0.2, 0.25) is 10.0 Å². The van der Waals surface area contributed by atoms with Crippen LogP contribution in [0.4, 0.5) is 5.69 Å². The number of hydrogen-bond donors (Lipinski definition) is 1. The molecule has 1 aromatic heterocycles. The van der Waals surface area contributed by atoms with E-state index < -0.39 is 5.97 Å². The molecule has 5 nitrogen and oxygen atoms in total. The monoisotopic (exact) mass is 326 g/mol. The van der Waals surface area contributed by atoms with Crippen molar-refractivity contribution in [2.24, 2.45) is 0 Å². The summed E-state index contributed by atoms with van der Waals surface area (Å²) in [4.78, 5) is 15.7. The van der Waals surface area contributed by atoms with Crippen LogP contribution in [0, 0.1) is 6.92 Å². The van der Waals surface area contributed by atoms with E-state index in [-0.39, 0.29) is 5.88 Å². The second kappa shape index (κ2) is 6.20. The van der Waals surface area contributed by atoms with Crippen LogP contribution in [-0.2, 0) is 4.74 Å². The molecular weight excluding hydrogens is 315 g/mol. The molecule has 0 atom stereocenters. The molecule has 0 bridgehead atoms. The maximum atomic E-state index is 11.5. The molecule has 0 aliphatic carbocycles. The molecule has 2 N–H and O–H groups in total. The van der Waals surface area contributed by atoms with Gasteiger partial charge in [-0.1, -0.05) is 23.2 Å². The number of nitrogens with zero attached hydrogens (tertiary/aromatic N) is 1. The molecule has 0 aliphatic heterocycles. The molecule has 0 saturated heterocycles. The highest BCUT2D eigenvalue weighted by Crippen LogP contribution is 2.34. The molecule has 21 heavy (non-hydrogen) atoms. The van der Waals surface area contributed by atoms with Crippen molar-refractivity contribution in [3.63, 3.8) is 0 Å². The molecular formula is C14H12Cl2N2O3. The average Bonchev–Trinajstić information content (AvgIpc) is 2.44. The van der Waals surface area contributed by atoms with Gasteiger partial charge in [-0.2, -0.15) is 0 Å². The van der Waals surface area contributed by atoms with Crippen molar-refractivity contribution in [2.75, 3.05) is 12.8 Å². The summed E-state index contributed by atoms with van der Waals surface area (Å²) in [6.45, 7) is 1.68. The van der Waals surface area contributed by atoms with E-state index in [0.29, 0.717) is 32.7 Å². The van der Waals surface area contributed by atoms with Gasteiger partial charge in [-0.3, -0.25) is 0 Å². The fourth-order valence-electron chi connectivity index (χ4n) is 1.67. The molecule has 110 valence electrons. The molecule has 0 aliphatic rings. The number of ether oxygens (including phenoxy) is 2. The first-order chi connectivity index (χ1) is 9.92. The minimum atomic E-state index is -0.458. The van der Waals surface area contributed by atoms with Crippen LogP contribution in [0.15, 0.2) is 24.3 Å². The largest absolute Gasteiger partial charge is 0.465 e. The molecule has 1 heterocycles. The summed E-state index contributed by atoms with van der Waals surface area (Å²) in [6, 6.07) is 6.11. The van der Waals surface area contributed by atoms with Gasteiger partial charge in [-0.05, 0) is 19.1 Å². The van der Waals surface area contributed by atoms with Crippen LogP contribution in [0.3, 0.4) is 0 Å². The molecule has 0 spiro atoms. The number of nitrogen functional groups attached to an aromatic ring is 1. The lowest BCUT2D eigenvalue weighted by molar-refractivity contribution is 0.0599. The van der Waals surface area contributed by atoms with Gasteiger partial charge in [0.05, 0.1) is 34.1 Å². The Kier molecular flexibility index (Phi) is 4.55. The highest BCUT2D eigenvalue weighted by molar-refractivity contribution is 6.42. The van der Waals surface area contributed by atoms with Crippen molar-refractivity contribution < 1.29 is 14.3 Å². The topological polar surface area (TPSA) is 74.4 Å². The number of halogens is 2. The standard InChI is InChI=1S/C14H12Cl2N2O3/c1-7-8(14(19)20-2)3-4-13(18-7)21-12-6-10(16)9(15)5-11(12)17/h3-6H,17H2,1-2H3. The Morgan fingerprint density at radius 1 is 1.24 bits per heavy atom. The third-order valence-corrected chi connectivity index (χ3v) is 3.45. The van der Waals surface area contributed by atoms with Crippen molar-refractivity contribution in [1.82, 2.24) is 4.98 Å². The molecule has 7 heteroatoms. The number of anilines is 1. The van der Waals surface area contributed by atoms with Crippen molar-refractivity contribution >= 4 is 34.9 Å². The van der Waals surface area contributed by atoms with Gasteiger partial charge in [-0.15, -0.1) is 0 Å². The fraction of sp³-hybridized carbons (Fsp3) is 0.143. The Hall–Kier alpha value is -1.98. The normalized spacial score (nSPS) is 10.3. The van der Waals surface area contributed by atoms with Gasteiger partial charge in [-0.25, -0.2) is 9.78 Å². The number of esters is 1. The van der Waals surface area contributed by atoms with E-state index >= 15 is 0 Å². The maximum absolute atomic E-state index is 11.5. The van der Waals surface area contributed by atoms with E-state index in [1.54, 1.807) is 19.1 Å². The van der Waals surface area contributed by atoms with Gasteiger partial charge in [0.1, 0.15) is 0 Å². The molecule has 1 aromatic carbocycles. The Balaban J connectivity index is 2.31. The number of benzene rings is 1. The smallest absolute Gasteiger partial charge is 0.339 e. The number of aromatic nitrogens is 1. The van der Waals surface area contributed by atoms with E-state index in [4.69, 9.17) is 33.7 Å². The van der Waals surface area contributed by atoms with Crippen LogP contribution >= 0.6 is 23.2 Å². The number of carbonyl (C=O) groups excluding carboxylic acids is 1. The fourth-order valence-corrected chi connectivity index (χ4v) is 1.99. The number of aryl methyl sites for hydroxylation is 1. The zero-order valence-corrected chi connectivity index (χ0v) is 12.8. The molecule has 2 rings (SSSR count). The van der Waals surface area contributed by atoms with Crippen LogP contribution in [-0.4, -0.2) is 18.1 Å². The van der Waals surface area contributed by atoms with Crippen molar-refractivity contribution in [3.8, 4) is 11.6 Å². The van der Waals surface area contributed by atoms with Gasteiger partial charge in [0.25, 0.3) is 0 Å². The second-order valence-electron chi connectivity index (χ2n) is 4.18. The molecule has 0 fully saturated rings. The lowest BCUT2D eigenvalue weighted by atomic mass is 10.2. The predicted octanol–water partition coefficient (Wildman–Crippen LogP) is 3.86. The Bertz CT molecular complexity index is 705. The first-order valence-electron chi connectivity index (χ1n) is 5.90. The number of carbonyl (C=O) groups is 1. The highest BCUT2D eigenvalue weighted by Gasteiger charge is 2.13. The zero-order chi connectivity index (χ0) is 15.6. The lowest BCUT2D eigenvalue weighted by Gasteiger charge is -2.10. The summed E-state index contributed by atoms with van der Waals surface area (Å²) in [6.07, 6.45) is 0. The Morgan fingerprint density at radius 2 is 1.90 bits per heavy atom. The number of pyridine rings is 1. The molecule has 0 unspecified atom stereocenters. The van der Waals surface area contributed by atoms with Crippen LogP contribution in [0.5, 0.6) is 11.6 Å². The summed E-state index contributed by atoms with van der Waals surface area (Å²) in [5.74, 6) is 0.160. The van der Waals surface area contributed by atoms with Crippen LogP contribution < -0.4 is 10.5 Å². The van der Waals surface area contributed by atoms with E-state index in [1.807, 2.05) is 0 Å². The van der Waals surface area contributed by atoms with Crippen molar-refractivity contribution in [2.45, 2.75) is 6.92 Å². The van der Waals surface area contributed by atoms with Crippen LogP contribution in [0.25, 0.3) is 0 Å². The summed E-state index contributed by atoms with van der Waals surface area (Å²) in [5.41, 5.74) is 6.99. The van der Waals surface area contributed by atoms with E-state index in [2.05, 4.69) is 9.72 Å². The zero-order valence-electron chi connectivity index (χ0n) is 11.3. The van der Waals surface area contributed by atoms with Crippen molar-refractivity contribution in [1.29, 1.82) is 0 Å². The maximum Gasteiger partial charge on any atom is 0.339 e. The van der Waals surface area contributed by atoms with Gasteiger partial charge >= 0.3 is 5.97 Å². The molecule has 0 amide bonds. The first-order valence-corrected chi connectivity index (χ1v) is 6.66. The third kappa shape index (κ3) is 3.37. The van der Waals surface area contributed by atoms with E-state index in [9.17, 15) is 4.79 Å². The second-order valence-corrected chi connectivity index (χ2v) is 4.99.